The van der Waals surface area contributed by atoms with Crippen LogP contribution in [0.4, 0.5) is 30.2 Å². The highest BCUT2D eigenvalue weighted by molar-refractivity contribution is 5.73. The highest BCUT2D eigenvalue weighted by Gasteiger charge is 2.14. The van der Waals surface area contributed by atoms with Gasteiger partial charge in [-0.3, -0.25) is 0 Å². The molecule has 0 saturated carbocycles. The summed E-state index contributed by atoms with van der Waals surface area (Å²) >= 11 is 0. The van der Waals surface area contributed by atoms with E-state index in [4.69, 9.17) is 0 Å². The van der Waals surface area contributed by atoms with Crippen molar-refractivity contribution in [2.45, 2.75) is 13.8 Å². The van der Waals surface area contributed by atoms with Crippen LogP contribution < -0.4 is 4.90 Å². The van der Waals surface area contributed by atoms with E-state index in [0.29, 0.717) is 22.6 Å². The zero-order valence-electron chi connectivity index (χ0n) is 14.1. The molecule has 3 nitrogen and oxygen atoms in total. The van der Waals surface area contributed by atoms with Crippen molar-refractivity contribution in [2.75, 3.05) is 25.5 Å². The van der Waals surface area contributed by atoms with Gasteiger partial charge in [0.25, 0.3) is 0 Å². The minimum Gasteiger partial charge on any atom is -0.366 e. The standard InChI is InChI=1S/C18H20F3N3/c1-5-23(3)11-22-17-9-15(21)10-18(12(17)2)24(4)16-7-13(19)6-14(20)8-16/h6-11H,5H2,1-4H3. The first-order chi connectivity index (χ1) is 11.3. The topological polar surface area (TPSA) is 18.8 Å². The highest BCUT2D eigenvalue weighted by Crippen LogP contribution is 2.34. The van der Waals surface area contributed by atoms with Crippen LogP contribution in [0.25, 0.3) is 0 Å². The lowest BCUT2D eigenvalue weighted by Crippen LogP contribution is -2.14. The average Bonchev–Trinajstić information content (AvgIpc) is 2.53. The fourth-order valence-corrected chi connectivity index (χ4v) is 2.25. The lowest BCUT2D eigenvalue weighted by molar-refractivity contribution is 0.552. The molecule has 128 valence electrons. The second-order valence-electron chi connectivity index (χ2n) is 5.57. The van der Waals surface area contributed by atoms with Gasteiger partial charge in [-0.05, 0) is 43.7 Å². The van der Waals surface area contributed by atoms with Crippen molar-refractivity contribution < 1.29 is 13.2 Å². The average molecular weight is 335 g/mol. The Morgan fingerprint density at radius 3 is 2.12 bits per heavy atom. The maximum atomic E-state index is 14.0. The van der Waals surface area contributed by atoms with E-state index in [1.807, 2.05) is 18.9 Å². The van der Waals surface area contributed by atoms with Gasteiger partial charge in [0.15, 0.2) is 0 Å². The van der Waals surface area contributed by atoms with Crippen molar-refractivity contribution >= 4 is 23.4 Å². The van der Waals surface area contributed by atoms with Crippen molar-refractivity contribution in [3.05, 3.63) is 53.3 Å². The number of halogens is 3. The van der Waals surface area contributed by atoms with Crippen molar-refractivity contribution in [3.8, 4) is 0 Å². The summed E-state index contributed by atoms with van der Waals surface area (Å²) in [5.41, 5.74) is 1.96. The molecule has 0 aliphatic rings. The Balaban J connectivity index is 2.46. The van der Waals surface area contributed by atoms with Gasteiger partial charge in [-0.1, -0.05) is 0 Å². The summed E-state index contributed by atoms with van der Waals surface area (Å²) in [7, 11) is 3.49. The van der Waals surface area contributed by atoms with Gasteiger partial charge in [0.1, 0.15) is 17.5 Å². The molecule has 2 aromatic rings. The quantitative estimate of drug-likeness (QED) is 0.578. The van der Waals surface area contributed by atoms with Gasteiger partial charge in [0, 0.05) is 38.1 Å². The lowest BCUT2D eigenvalue weighted by Gasteiger charge is -2.23. The van der Waals surface area contributed by atoms with E-state index in [1.165, 1.54) is 29.2 Å². The molecule has 2 aromatic carbocycles. The molecule has 0 saturated heterocycles. The van der Waals surface area contributed by atoms with Crippen molar-refractivity contribution in [3.63, 3.8) is 0 Å². The molecule has 0 heterocycles. The van der Waals surface area contributed by atoms with Crippen LogP contribution in [-0.2, 0) is 0 Å². The van der Waals surface area contributed by atoms with Crippen LogP contribution in [0.3, 0.4) is 0 Å². The molecule has 0 unspecified atom stereocenters. The molecular formula is C18H20F3N3. The highest BCUT2D eigenvalue weighted by atomic mass is 19.1. The third-order valence-corrected chi connectivity index (χ3v) is 3.81. The zero-order chi connectivity index (χ0) is 17.9. The Hall–Kier alpha value is -2.50. The largest absolute Gasteiger partial charge is 0.366 e. The first-order valence-electron chi connectivity index (χ1n) is 7.56. The summed E-state index contributed by atoms with van der Waals surface area (Å²) in [5, 5.41) is 0. The van der Waals surface area contributed by atoms with Crippen LogP contribution in [0.5, 0.6) is 0 Å². The predicted molar refractivity (Wildman–Crippen MR) is 92.0 cm³/mol. The number of hydrogen-bond acceptors (Lipinski definition) is 2. The summed E-state index contributed by atoms with van der Waals surface area (Å²) in [4.78, 5) is 7.69. The summed E-state index contributed by atoms with van der Waals surface area (Å²) in [6, 6.07) is 5.84. The molecule has 0 amide bonds. The fourth-order valence-electron chi connectivity index (χ4n) is 2.25. The van der Waals surface area contributed by atoms with E-state index in [9.17, 15) is 13.2 Å². The van der Waals surface area contributed by atoms with E-state index in [-0.39, 0.29) is 0 Å². The molecule has 2 rings (SSSR count). The Bertz CT molecular complexity index is 739. The van der Waals surface area contributed by atoms with Crippen LogP contribution in [0.1, 0.15) is 12.5 Å². The van der Waals surface area contributed by atoms with Gasteiger partial charge >= 0.3 is 0 Å². The molecular weight excluding hydrogens is 315 g/mol. The number of nitrogens with zero attached hydrogens (tertiary/aromatic N) is 3. The maximum absolute atomic E-state index is 14.0. The Kier molecular flexibility index (Phi) is 5.49. The van der Waals surface area contributed by atoms with Crippen LogP contribution in [-0.4, -0.2) is 31.9 Å². The lowest BCUT2D eigenvalue weighted by atomic mass is 10.1. The smallest absolute Gasteiger partial charge is 0.128 e. The summed E-state index contributed by atoms with van der Waals surface area (Å²) in [6.45, 7) is 4.54. The SMILES string of the molecule is CCN(C)C=Nc1cc(F)cc(N(C)c2cc(F)cc(F)c2)c1C. The first kappa shape index (κ1) is 17.8. The molecule has 0 aromatic heterocycles. The summed E-state index contributed by atoms with van der Waals surface area (Å²) in [5.74, 6) is -1.84. The number of hydrogen-bond donors (Lipinski definition) is 0. The van der Waals surface area contributed by atoms with E-state index in [0.717, 1.165) is 12.6 Å². The molecule has 0 aliphatic heterocycles. The van der Waals surface area contributed by atoms with E-state index >= 15 is 0 Å². The number of anilines is 2. The second-order valence-corrected chi connectivity index (χ2v) is 5.57. The van der Waals surface area contributed by atoms with Gasteiger partial charge in [0.05, 0.1) is 12.0 Å². The van der Waals surface area contributed by atoms with Crippen LogP contribution in [0, 0.1) is 24.4 Å². The molecule has 0 N–H and O–H groups in total. The second kappa shape index (κ2) is 7.38. The molecule has 24 heavy (non-hydrogen) atoms. The molecule has 0 radical (unpaired) electrons. The van der Waals surface area contributed by atoms with Crippen LogP contribution in [0.15, 0.2) is 35.3 Å². The number of benzene rings is 2. The number of rotatable bonds is 5. The molecule has 0 spiro atoms. The summed E-state index contributed by atoms with van der Waals surface area (Å²) < 4.78 is 40.9. The van der Waals surface area contributed by atoms with Gasteiger partial charge in [-0.15, -0.1) is 0 Å². The third-order valence-electron chi connectivity index (χ3n) is 3.81. The van der Waals surface area contributed by atoms with Crippen molar-refractivity contribution in [2.24, 2.45) is 4.99 Å². The van der Waals surface area contributed by atoms with Gasteiger partial charge in [-0.2, -0.15) is 0 Å². The predicted octanol–water partition coefficient (Wildman–Crippen LogP) is 4.79. The summed E-state index contributed by atoms with van der Waals surface area (Å²) in [6.07, 6.45) is 1.62. The Labute approximate surface area is 140 Å². The normalized spacial score (nSPS) is 11.1. The monoisotopic (exact) mass is 335 g/mol. The Morgan fingerprint density at radius 2 is 1.54 bits per heavy atom. The van der Waals surface area contributed by atoms with E-state index in [2.05, 4.69) is 4.99 Å². The Morgan fingerprint density at radius 1 is 0.958 bits per heavy atom. The minimum atomic E-state index is -0.686. The zero-order valence-corrected chi connectivity index (χ0v) is 14.1. The van der Waals surface area contributed by atoms with E-state index in [1.54, 1.807) is 20.3 Å². The third kappa shape index (κ3) is 4.07. The van der Waals surface area contributed by atoms with Crippen molar-refractivity contribution in [1.29, 1.82) is 0 Å². The van der Waals surface area contributed by atoms with E-state index < -0.39 is 17.5 Å². The van der Waals surface area contributed by atoms with Crippen molar-refractivity contribution in [1.82, 2.24) is 4.90 Å². The molecule has 0 bridgehead atoms. The van der Waals surface area contributed by atoms with Gasteiger partial charge < -0.3 is 9.80 Å². The minimum absolute atomic E-state index is 0.293. The maximum Gasteiger partial charge on any atom is 0.128 e. The van der Waals surface area contributed by atoms with Crippen LogP contribution in [0.2, 0.25) is 0 Å². The molecule has 0 atom stereocenters. The molecule has 0 aliphatic carbocycles. The number of aliphatic imine (C=N–C) groups is 1. The first-order valence-corrected chi connectivity index (χ1v) is 7.56. The van der Waals surface area contributed by atoms with Crippen LogP contribution >= 0.6 is 0 Å². The van der Waals surface area contributed by atoms with Gasteiger partial charge in [0.2, 0.25) is 0 Å². The molecule has 0 fully saturated rings. The molecule has 6 heteroatoms. The van der Waals surface area contributed by atoms with Gasteiger partial charge in [-0.25, -0.2) is 18.2 Å². The fraction of sp³-hybridized carbons (Fsp3) is 0.278.